The standard InChI is InChI=1S/C23H24FN3O3/c1-2-3-4-7-14-27-19-9-6-5-8-18(19)21(28)20(23(27)30)22(29)26-25-15-16-10-12-17(24)13-11-16/h5-6,8-13,15,28H,2-4,7,14H2,1H3,(H,26,29)/b25-15-. The lowest BCUT2D eigenvalue weighted by Crippen LogP contribution is -2.31. The number of carbonyl (C=O) groups is 1. The highest BCUT2D eigenvalue weighted by atomic mass is 19.1. The van der Waals surface area contributed by atoms with Crippen LogP contribution in [0.4, 0.5) is 4.39 Å². The number of unbranched alkanes of at least 4 members (excludes halogenated alkanes) is 3. The second-order valence-corrected chi connectivity index (χ2v) is 7.01. The number of rotatable bonds is 8. The molecule has 0 bridgehead atoms. The average molecular weight is 409 g/mol. The van der Waals surface area contributed by atoms with E-state index in [0.717, 1.165) is 25.7 Å². The molecule has 3 aromatic rings. The highest BCUT2D eigenvalue weighted by Gasteiger charge is 2.21. The van der Waals surface area contributed by atoms with Crippen LogP contribution in [0.3, 0.4) is 0 Å². The Morgan fingerprint density at radius 3 is 2.60 bits per heavy atom. The molecule has 3 rings (SSSR count). The van der Waals surface area contributed by atoms with Gasteiger partial charge in [-0.15, -0.1) is 0 Å². The number of aryl methyl sites for hydroxylation is 1. The zero-order valence-corrected chi connectivity index (χ0v) is 16.8. The summed E-state index contributed by atoms with van der Waals surface area (Å²) >= 11 is 0. The molecule has 156 valence electrons. The number of pyridine rings is 1. The summed E-state index contributed by atoms with van der Waals surface area (Å²) in [7, 11) is 0. The van der Waals surface area contributed by atoms with Crippen LogP contribution in [0.25, 0.3) is 10.9 Å². The predicted molar refractivity (Wildman–Crippen MR) is 115 cm³/mol. The highest BCUT2D eigenvalue weighted by Crippen LogP contribution is 2.26. The second kappa shape index (κ2) is 9.82. The Balaban J connectivity index is 1.91. The van der Waals surface area contributed by atoms with Crippen LogP contribution in [-0.4, -0.2) is 21.8 Å². The van der Waals surface area contributed by atoms with Gasteiger partial charge in [-0.25, -0.2) is 9.82 Å². The molecule has 1 amide bonds. The molecular formula is C23H24FN3O3. The zero-order valence-electron chi connectivity index (χ0n) is 16.8. The lowest BCUT2D eigenvalue weighted by atomic mass is 10.1. The molecule has 30 heavy (non-hydrogen) atoms. The molecule has 0 aliphatic heterocycles. The van der Waals surface area contributed by atoms with Gasteiger partial charge in [-0.2, -0.15) is 5.10 Å². The summed E-state index contributed by atoms with van der Waals surface area (Å²) in [5, 5.41) is 14.9. The van der Waals surface area contributed by atoms with E-state index >= 15 is 0 Å². The minimum absolute atomic E-state index is 0.347. The molecule has 0 atom stereocenters. The fourth-order valence-electron chi connectivity index (χ4n) is 3.28. The molecule has 0 radical (unpaired) electrons. The quantitative estimate of drug-likeness (QED) is 0.332. The first kappa shape index (κ1) is 21.2. The first-order valence-electron chi connectivity index (χ1n) is 9.96. The van der Waals surface area contributed by atoms with E-state index < -0.39 is 11.5 Å². The van der Waals surface area contributed by atoms with Crippen LogP contribution < -0.4 is 11.0 Å². The van der Waals surface area contributed by atoms with Crippen molar-refractivity contribution in [3.05, 3.63) is 75.8 Å². The van der Waals surface area contributed by atoms with Crippen molar-refractivity contribution < 1.29 is 14.3 Å². The number of halogens is 1. The molecule has 0 aliphatic rings. The van der Waals surface area contributed by atoms with E-state index in [-0.39, 0.29) is 17.1 Å². The van der Waals surface area contributed by atoms with Gasteiger partial charge < -0.3 is 9.67 Å². The molecule has 2 aromatic carbocycles. The minimum Gasteiger partial charge on any atom is -0.506 e. The van der Waals surface area contributed by atoms with Crippen LogP contribution in [0.1, 0.15) is 48.5 Å². The summed E-state index contributed by atoms with van der Waals surface area (Å²) in [6.07, 6.45) is 5.24. The SMILES string of the molecule is CCCCCCn1c(=O)c(C(=O)N/N=C\c2ccc(F)cc2)c(O)c2ccccc21. The molecule has 1 heterocycles. The molecule has 0 saturated heterocycles. The van der Waals surface area contributed by atoms with Gasteiger partial charge in [0.1, 0.15) is 17.1 Å². The summed E-state index contributed by atoms with van der Waals surface area (Å²) in [6.45, 7) is 2.57. The van der Waals surface area contributed by atoms with Gasteiger partial charge in [-0.3, -0.25) is 9.59 Å². The van der Waals surface area contributed by atoms with Crippen molar-refractivity contribution in [1.82, 2.24) is 9.99 Å². The van der Waals surface area contributed by atoms with Crippen molar-refractivity contribution in [1.29, 1.82) is 0 Å². The predicted octanol–water partition coefficient (Wildman–Crippen LogP) is 4.19. The number of nitrogens with one attached hydrogen (secondary N) is 1. The fraction of sp³-hybridized carbons (Fsp3) is 0.261. The highest BCUT2D eigenvalue weighted by molar-refractivity contribution is 6.02. The fourth-order valence-corrected chi connectivity index (χ4v) is 3.28. The molecule has 2 N–H and O–H groups in total. The molecule has 0 spiro atoms. The van der Waals surface area contributed by atoms with Crippen LogP contribution in [0, 0.1) is 5.82 Å². The molecule has 6 nitrogen and oxygen atoms in total. The Morgan fingerprint density at radius 1 is 1.13 bits per heavy atom. The smallest absolute Gasteiger partial charge is 0.280 e. The van der Waals surface area contributed by atoms with Gasteiger partial charge in [0.2, 0.25) is 0 Å². The van der Waals surface area contributed by atoms with Gasteiger partial charge in [-0.1, -0.05) is 50.5 Å². The van der Waals surface area contributed by atoms with Gasteiger partial charge in [-0.05, 0) is 36.2 Å². The number of aromatic nitrogens is 1. The first-order valence-corrected chi connectivity index (χ1v) is 9.96. The van der Waals surface area contributed by atoms with Crippen LogP contribution in [0.2, 0.25) is 0 Å². The number of nitrogens with zero attached hydrogens (tertiary/aromatic N) is 2. The summed E-state index contributed by atoms with van der Waals surface area (Å²) < 4.78 is 14.5. The Hall–Kier alpha value is -3.48. The van der Waals surface area contributed by atoms with E-state index in [1.807, 2.05) is 0 Å². The van der Waals surface area contributed by atoms with Crippen molar-refractivity contribution >= 4 is 23.0 Å². The number of para-hydroxylation sites is 1. The number of hydrogen-bond acceptors (Lipinski definition) is 4. The first-order chi connectivity index (χ1) is 14.5. The summed E-state index contributed by atoms with van der Waals surface area (Å²) in [6, 6.07) is 12.5. The van der Waals surface area contributed by atoms with Gasteiger partial charge in [0.15, 0.2) is 0 Å². The average Bonchev–Trinajstić information content (AvgIpc) is 2.75. The Morgan fingerprint density at radius 2 is 1.87 bits per heavy atom. The van der Waals surface area contributed by atoms with Crippen molar-refractivity contribution in [2.45, 2.75) is 39.2 Å². The number of amides is 1. The van der Waals surface area contributed by atoms with Crippen LogP contribution in [-0.2, 0) is 6.54 Å². The van der Waals surface area contributed by atoms with E-state index in [1.165, 1.54) is 35.0 Å². The van der Waals surface area contributed by atoms with E-state index in [2.05, 4.69) is 17.5 Å². The maximum absolute atomic E-state index is 13.0. The number of aromatic hydroxyl groups is 1. The van der Waals surface area contributed by atoms with E-state index in [0.29, 0.717) is 23.0 Å². The normalized spacial score (nSPS) is 11.3. The van der Waals surface area contributed by atoms with Crippen molar-refractivity contribution in [2.75, 3.05) is 0 Å². The summed E-state index contributed by atoms with van der Waals surface area (Å²) in [5.74, 6) is -1.55. The maximum Gasteiger partial charge on any atom is 0.280 e. The Bertz CT molecular complexity index is 1120. The van der Waals surface area contributed by atoms with Gasteiger partial charge in [0.25, 0.3) is 11.5 Å². The number of fused-ring (bicyclic) bond motifs is 1. The monoisotopic (exact) mass is 409 g/mol. The van der Waals surface area contributed by atoms with E-state index in [1.54, 1.807) is 24.3 Å². The van der Waals surface area contributed by atoms with Crippen molar-refractivity contribution in [3.8, 4) is 5.75 Å². The van der Waals surface area contributed by atoms with Crippen molar-refractivity contribution in [3.63, 3.8) is 0 Å². The third-order valence-electron chi connectivity index (χ3n) is 4.86. The van der Waals surface area contributed by atoms with Crippen LogP contribution in [0.15, 0.2) is 58.4 Å². The number of benzene rings is 2. The third-order valence-corrected chi connectivity index (χ3v) is 4.86. The van der Waals surface area contributed by atoms with Gasteiger partial charge >= 0.3 is 0 Å². The number of carbonyl (C=O) groups excluding carboxylic acids is 1. The lowest BCUT2D eigenvalue weighted by molar-refractivity contribution is 0.0950. The van der Waals surface area contributed by atoms with Gasteiger partial charge in [0.05, 0.1) is 11.7 Å². The largest absolute Gasteiger partial charge is 0.506 e. The second-order valence-electron chi connectivity index (χ2n) is 7.01. The summed E-state index contributed by atoms with van der Waals surface area (Å²) in [4.78, 5) is 25.7. The zero-order chi connectivity index (χ0) is 21.5. The molecule has 1 aromatic heterocycles. The number of hydrogen-bond donors (Lipinski definition) is 2. The summed E-state index contributed by atoms with van der Waals surface area (Å²) in [5.41, 5.74) is 2.53. The molecular weight excluding hydrogens is 385 g/mol. The van der Waals surface area contributed by atoms with Crippen molar-refractivity contribution in [2.24, 2.45) is 5.10 Å². The molecule has 0 fully saturated rings. The van der Waals surface area contributed by atoms with E-state index in [4.69, 9.17) is 0 Å². The van der Waals surface area contributed by atoms with Gasteiger partial charge in [0, 0.05) is 11.9 Å². The molecule has 0 aliphatic carbocycles. The topological polar surface area (TPSA) is 83.7 Å². The minimum atomic E-state index is -0.802. The lowest BCUT2D eigenvalue weighted by Gasteiger charge is -2.14. The van der Waals surface area contributed by atoms with Crippen LogP contribution >= 0.6 is 0 Å². The van der Waals surface area contributed by atoms with Crippen LogP contribution in [0.5, 0.6) is 5.75 Å². The van der Waals surface area contributed by atoms with E-state index in [9.17, 15) is 19.1 Å². The molecule has 7 heteroatoms. The maximum atomic E-state index is 13.0. The molecule has 0 unspecified atom stereocenters. The molecule has 0 saturated carbocycles. The Kier molecular flexibility index (Phi) is 6.95. The number of hydrazone groups is 1. The third kappa shape index (κ3) is 4.74. The Labute approximate surface area is 173 Å².